The van der Waals surface area contributed by atoms with Gasteiger partial charge in [-0.25, -0.2) is 9.97 Å². The quantitative estimate of drug-likeness (QED) is 0.128. The van der Waals surface area contributed by atoms with Gasteiger partial charge in [-0.05, 0) is 66.7 Å². The summed E-state index contributed by atoms with van der Waals surface area (Å²) >= 11 is 3.06. The minimum atomic E-state index is -0.301. The molecule has 58 heavy (non-hydrogen) atoms. The molecule has 0 aliphatic heterocycles. The second-order valence-electron chi connectivity index (χ2n) is 12.2. The van der Waals surface area contributed by atoms with Gasteiger partial charge in [0.15, 0.2) is 23.0 Å². The summed E-state index contributed by atoms with van der Waals surface area (Å²) in [6.07, 6.45) is 7.01. The number of ether oxygens (including phenoxy) is 5. The number of hydrogen-bond acceptors (Lipinski definition) is 13. The van der Waals surface area contributed by atoms with Crippen LogP contribution in [-0.4, -0.2) is 67.3 Å². The fraction of sp³-hybridized carbons (Fsp3) is 0.116. The molecule has 4 aromatic heterocycles. The maximum Gasteiger partial charge on any atom is 0.255 e. The van der Waals surface area contributed by atoms with Gasteiger partial charge in [-0.15, -0.1) is 22.7 Å². The molecule has 0 bridgehead atoms. The molecule has 4 heterocycles. The van der Waals surface area contributed by atoms with Crippen LogP contribution in [0.2, 0.25) is 0 Å². The van der Waals surface area contributed by atoms with E-state index in [0.29, 0.717) is 51.2 Å². The van der Waals surface area contributed by atoms with Crippen molar-refractivity contribution in [3.8, 4) is 49.9 Å². The largest absolute Gasteiger partial charge is 0.493 e. The molecular formula is C43H36N6O7S2. The summed E-state index contributed by atoms with van der Waals surface area (Å²) in [7, 11) is 7.63. The molecule has 8 rings (SSSR count). The normalized spacial score (nSPS) is 10.6. The summed E-state index contributed by atoms with van der Waals surface area (Å²) in [5, 5.41) is 7.57. The Balaban J connectivity index is 0.000000177. The van der Waals surface area contributed by atoms with E-state index in [4.69, 9.17) is 23.7 Å². The van der Waals surface area contributed by atoms with Crippen molar-refractivity contribution in [3.05, 3.63) is 127 Å². The minimum absolute atomic E-state index is 0.240. The maximum atomic E-state index is 13.0. The molecule has 0 aliphatic rings. The number of aromatic nitrogens is 4. The molecule has 0 fully saturated rings. The molecule has 4 aromatic carbocycles. The third kappa shape index (κ3) is 8.35. The van der Waals surface area contributed by atoms with Gasteiger partial charge in [-0.2, -0.15) is 0 Å². The maximum absolute atomic E-state index is 13.0. The number of carbonyl (C=O) groups excluding carboxylic acids is 2. The molecule has 0 radical (unpaired) electrons. The van der Waals surface area contributed by atoms with Crippen LogP contribution < -0.4 is 34.3 Å². The Morgan fingerprint density at radius 2 is 0.983 bits per heavy atom. The monoisotopic (exact) mass is 812 g/mol. The van der Waals surface area contributed by atoms with Crippen molar-refractivity contribution in [2.45, 2.75) is 0 Å². The van der Waals surface area contributed by atoms with E-state index in [1.807, 2.05) is 60.7 Å². The van der Waals surface area contributed by atoms with E-state index in [2.05, 4.69) is 30.6 Å². The zero-order chi connectivity index (χ0) is 40.6. The summed E-state index contributed by atoms with van der Waals surface area (Å²) in [4.78, 5) is 43.4. The predicted octanol–water partition coefficient (Wildman–Crippen LogP) is 9.26. The number of methoxy groups -OCH3 is 5. The number of amides is 2. The molecular weight excluding hydrogens is 777 g/mol. The first-order valence-corrected chi connectivity index (χ1v) is 19.2. The second-order valence-corrected chi connectivity index (χ2v) is 14.3. The van der Waals surface area contributed by atoms with Gasteiger partial charge in [0, 0.05) is 47.0 Å². The Hall–Kier alpha value is -7.10. The standard InChI is InChI=1S/C22H19N3O4S.C21H17N3O3S/c1-27-17-10-13(11-18(28-2)20(17)29-3)21(26)24-15-7-5-4-6-14(15)22-25-16-8-9-23-12-19(16)30-22;1-26-17-8-7-13(11-18(17)27-2)20(25)23-15-6-4-3-5-14(15)21-24-16-9-10-22-12-19(16)28-21/h4-12H,1-3H3,(H,24,26);3-12H,1-2H3,(H,23,25). The summed E-state index contributed by atoms with van der Waals surface area (Å²) in [6.45, 7) is 0. The molecule has 0 aliphatic carbocycles. The fourth-order valence-corrected chi connectivity index (χ4v) is 7.87. The molecule has 0 atom stereocenters. The van der Waals surface area contributed by atoms with E-state index >= 15 is 0 Å². The topological polar surface area (TPSA) is 156 Å². The van der Waals surface area contributed by atoms with Gasteiger partial charge in [0.2, 0.25) is 5.75 Å². The molecule has 0 spiro atoms. The van der Waals surface area contributed by atoms with Gasteiger partial charge >= 0.3 is 0 Å². The molecule has 15 heteroatoms. The van der Waals surface area contributed by atoms with E-state index in [9.17, 15) is 9.59 Å². The molecule has 8 aromatic rings. The van der Waals surface area contributed by atoms with Gasteiger partial charge in [0.05, 0.1) is 67.4 Å². The van der Waals surface area contributed by atoms with Crippen LogP contribution in [0.4, 0.5) is 11.4 Å². The van der Waals surface area contributed by atoms with Crippen molar-refractivity contribution in [1.29, 1.82) is 0 Å². The highest BCUT2D eigenvalue weighted by Gasteiger charge is 2.19. The van der Waals surface area contributed by atoms with E-state index < -0.39 is 0 Å². The summed E-state index contributed by atoms with van der Waals surface area (Å²) in [6, 6.07) is 27.2. The number of anilines is 2. The molecule has 2 amide bonds. The van der Waals surface area contributed by atoms with Crippen molar-refractivity contribution in [3.63, 3.8) is 0 Å². The number of nitrogens with zero attached hydrogens (tertiary/aromatic N) is 4. The smallest absolute Gasteiger partial charge is 0.255 e. The Morgan fingerprint density at radius 3 is 1.45 bits per heavy atom. The predicted molar refractivity (Wildman–Crippen MR) is 227 cm³/mol. The minimum Gasteiger partial charge on any atom is -0.493 e. The number of para-hydroxylation sites is 2. The summed E-state index contributed by atoms with van der Waals surface area (Å²) in [5.41, 5.74) is 5.65. The van der Waals surface area contributed by atoms with E-state index in [-0.39, 0.29) is 11.8 Å². The first-order valence-electron chi connectivity index (χ1n) is 17.6. The van der Waals surface area contributed by atoms with Crippen LogP contribution in [-0.2, 0) is 0 Å². The second kappa shape index (κ2) is 17.8. The van der Waals surface area contributed by atoms with Gasteiger partial charge in [0.1, 0.15) is 10.0 Å². The van der Waals surface area contributed by atoms with Gasteiger partial charge in [0.25, 0.3) is 11.8 Å². The van der Waals surface area contributed by atoms with Gasteiger partial charge in [-0.1, -0.05) is 24.3 Å². The van der Waals surface area contributed by atoms with E-state index in [1.165, 1.54) is 51.1 Å². The number of pyridine rings is 2. The zero-order valence-corrected chi connectivity index (χ0v) is 33.6. The molecule has 13 nitrogen and oxygen atoms in total. The fourth-order valence-electron chi connectivity index (χ4n) is 5.93. The number of fused-ring (bicyclic) bond motifs is 2. The number of carbonyl (C=O) groups is 2. The van der Waals surface area contributed by atoms with Crippen LogP contribution in [0.3, 0.4) is 0 Å². The van der Waals surface area contributed by atoms with E-state index in [1.54, 1.807) is 62.2 Å². The summed E-state index contributed by atoms with van der Waals surface area (Å²) in [5.74, 6) is 1.79. The zero-order valence-electron chi connectivity index (χ0n) is 31.9. The van der Waals surface area contributed by atoms with Crippen LogP contribution in [0.5, 0.6) is 28.7 Å². The molecule has 292 valence electrons. The molecule has 0 unspecified atom stereocenters. The van der Waals surface area contributed by atoms with Crippen LogP contribution in [0, 0.1) is 0 Å². The van der Waals surface area contributed by atoms with Crippen LogP contribution in [0.15, 0.2) is 116 Å². The van der Waals surface area contributed by atoms with Crippen molar-refractivity contribution < 1.29 is 33.3 Å². The SMILES string of the molecule is COc1cc(C(=O)Nc2ccccc2-c2nc3ccncc3s2)cc(OC)c1OC.COc1ccc(C(=O)Nc2ccccc2-c2nc3ccncc3s2)cc1OC. The van der Waals surface area contributed by atoms with Crippen LogP contribution in [0.25, 0.3) is 41.6 Å². The van der Waals surface area contributed by atoms with Crippen molar-refractivity contribution in [2.75, 3.05) is 46.2 Å². The number of thiazole rings is 2. The molecule has 0 saturated carbocycles. The molecule has 0 saturated heterocycles. The van der Waals surface area contributed by atoms with Crippen LogP contribution >= 0.6 is 22.7 Å². The number of benzene rings is 4. The Labute approximate surface area is 341 Å². The lowest BCUT2D eigenvalue weighted by atomic mass is 10.1. The highest BCUT2D eigenvalue weighted by Crippen LogP contribution is 2.40. The highest BCUT2D eigenvalue weighted by atomic mass is 32.1. The lowest BCUT2D eigenvalue weighted by Crippen LogP contribution is -2.13. The van der Waals surface area contributed by atoms with Gasteiger partial charge < -0.3 is 34.3 Å². The van der Waals surface area contributed by atoms with Crippen molar-refractivity contribution >= 4 is 66.3 Å². The highest BCUT2D eigenvalue weighted by molar-refractivity contribution is 7.22. The Kier molecular flexibility index (Phi) is 12.0. The molecule has 2 N–H and O–H groups in total. The Morgan fingerprint density at radius 1 is 0.517 bits per heavy atom. The summed E-state index contributed by atoms with van der Waals surface area (Å²) < 4.78 is 28.5. The van der Waals surface area contributed by atoms with E-state index in [0.717, 1.165) is 41.6 Å². The van der Waals surface area contributed by atoms with Crippen LogP contribution in [0.1, 0.15) is 20.7 Å². The lowest BCUT2D eigenvalue weighted by molar-refractivity contribution is 0.101. The number of rotatable bonds is 11. The third-order valence-corrected chi connectivity index (χ3v) is 10.8. The first kappa shape index (κ1) is 39.1. The third-order valence-electron chi connectivity index (χ3n) is 8.77. The average molecular weight is 813 g/mol. The average Bonchev–Trinajstić information content (AvgIpc) is 3.91. The number of hydrogen-bond donors (Lipinski definition) is 2. The first-order chi connectivity index (χ1) is 28.3. The van der Waals surface area contributed by atoms with Gasteiger partial charge in [-0.3, -0.25) is 19.6 Å². The van der Waals surface area contributed by atoms with Crippen molar-refractivity contribution in [2.24, 2.45) is 0 Å². The number of nitrogens with one attached hydrogen (secondary N) is 2. The Bertz CT molecular complexity index is 2660. The lowest BCUT2D eigenvalue weighted by Gasteiger charge is -2.14. The van der Waals surface area contributed by atoms with Crippen molar-refractivity contribution in [1.82, 2.24) is 19.9 Å².